The molecule has 34 heavy (non-hydrogen) atoms. The number of nitrogens with two attached hydrogens (primary N) is 1. The van der Waals surface area contributed by atoms with Crippen molar-refractivity contribution in [1.29, 1.82) is 0 Å². The van der Waals surface area contributed by atoms with Gasteiger partial charge in [-0.05, 0) is 45.6 Å². The van der Waals surface area contributed by atoms with E-state index in [0.29, 0.717) is 10.8 Å². The molecule has 0 spiro atoms. The Balaban J connectivity index is 2.17. The highest BCUT2D eigenvalue weighted by Gasteiger charge is 2.32. The first kappa shape index (κ1) is 26.1. The smallest absolute Gasteiger partial charge is 0.241 e. The number of hydrogen-bond acceptors (Lipinski definition) is 3. The molecule has 2 atom stereocenters. The van der Waals surface area contributed by atoms with Crippen molar-refractivity contribution in [3.63, 3.8) is 0 Å². The van der Waals surface area contributed by atoms with Gasteiger partial charge in [-0.1, -0.05) is 114 Å². The number of hydrogen-bond donors (Lipinski definition) is 2. The topological polar surface area (TPSA) is 72.2 Å². The van der Waals surface area contributed by atoms with Gasteiger partial charge < -0.3 is 5.73 Å². The highest BCUT2D eigenvalue weighted by molar-refractivity contribution is 7.89. The molecule has 0 bridgehead atoms. The second-order valence-corrected chi connectivity index (χ2v) is 11.6. The molecule has 2 unspecified atom stereocenters. The van der Waals surface area contributed by atoms with Crippen LogP contribution in [0.2, 0.25) is 0 Å². The predicted octanol–water partition coefficient (Wildman–Crippen LogP) is 6.78. The molecule has 0 fully saturated rings. The molecule has 0 radical (unpaired) electrons. The van der Waals surface area contributed by atoms with Crippen molar-refractivity contribution in [2.45, 2.75) is 76.3 Å². The number of rotatable bonds is 9. The molecule has 0 amide bonds. The van der Waals surface area contributed by atoms with Crippen LogP contribution in [-0.2, 0) is 10.0 Å². The summed E-state index contributed by atoms with van der Waals surface area (Å²) in [6, 6.07) is 22.2. The average Bonchev–Trinajstić information content (AvgIpc) is 2.82. The fraction of sp³-hybridized carbons (Fsp3) is 0.379. The molecule has 182 valence electrons. The Labute approximate surface area is 205 Å². The van der Waals surface area contributed by atoms with Crippen molar-refractivity contribution in [2.24, 2.45) is 5.73 Å². The molecule has 0 aromatic heterocycles. The molecule has 0 saturated heterocycles. The predicted molar refractivity (Wildman–Crippen MR) is 142 cm³/mol. The van der Waals surface area contributed by atoms with E-state index in [4.69, 9.17) is 5.73 Å². The van der Waals surface area contributed by atoms with E-state index in [1.54, 1.807) is 0 Å². The summed E-state index contributed by atoms with van der Waals surface area (Å²) < 4.78 is 31.2. The highest BCUT2D eigenvalue weighted by atomic mass is 32.2. The van der Waals surface area contributed by atoms with E-state index in [1.165, 1.54) is 0 Å². The van der Waals surface area contributed by atoms with Crippen LogP contribution < -0.4 is 10.5 Å². The monoisotopic (exact) mass is 478 g/mol. The quantitative estimate of drug-likeness (QED) is 0.356. The van der Waals surface area contributed by atoms with Crippen molar-refractivity contribution in [3.05, 3.63) is 101 Å². The minimum absolute atomic E-state index is 0.0562. The summed E-state index contributed by atoms with van der Waals surface area (Å²) in [7, 11) is -3.88. The van der Waals surface area contributed by atoms with E-state index in [-0.39, 0.29) is 11.8 Å². The summed E-state index contributed by atoms with van der Waals surface area (Å²) in [6.07, 6.45) is 0. The molecule has 3 N–H and O–H groups in total. The molecule has 5 heteroatoms. The SMILES string of the molecule is CC(C)c1cc(C(C)C)c(S(=O)(=O)NC(c2ccccc2)C(N)c2ccccc2)c(C(C)C)c1. The molecule has 0 aliphatic rings. The maximum atomic E-state index is 14.1. The Bertz CT molecular complexity index is 1160. The van der Waals surface area contributed by atoms with Crippen molar-refractivity contribution >= 4 is 10.0 Å². The van der Waals surface area contributed by atoms with Crippen LogP contribution in [0.25, 0.3) is 0 Å². The van der Waals surface area contributed by atoms with Crippen LogP contribution in [0.15, 0.2) is 77.7 Å². The first-order chi connectivity index (χ1) is 16.0. The lowest BCUT2D eigenvalue weighted by Crippen LogP contribution is -2.37. The van der Waals surface area contributed by atoms with Gasteiger partial charge in [0.05, 0.1) is 17.0 Å². The molecular weight excluding hydrogens is 440 g/mol. The molecule has 0 aliphatic heterocycles. The Kier molecular flexibility index (Phi) is 8.34. The summed E-state index contributed by atoms with van der Waals surface area (Å²) in [5, 5.41) is 0. The van der Waals surface area contributed by atoms with Gasteiger partial charge in [0.25, 0.3) is 0 Å². The Morgan fingerprint density at radius 3 is 1.50 bits per heavy atom. The normalized spacial score (nSPS) is 14.1. The molecule has 0 heterocycles. The lowest BCUT2D eigenvalue weighted by Gasteiger charge is -2.28. The van der Waals surface area contributed by atoms with Crippen LogP contribution in [0, 0.1) is 0 Å². The molecule has 0 saturated carbocycles. The summed E-state index contributed by atoms with van der Waals surface area (Å²) >= 11 is 0. The minimum atomic E-state index is -3.88. The summed E-state index contributed by atoms with van der Waals surface area (Å²) in [4.78, 5) is 0.392. The third kappa shape index (κ3) is 5.77. The summed E-state index contributed by atoms with van der Waals surface area (Å²) in [5.74, 6) is 0.421. The number of nitrogens with one attached hydrogen (secondary N) is 1. The number of benzene rings is 3. The van der Waals surface area contributed by atoms with Crippen LogP contribution in [-0.4, -0.2) is 8.42 Å². The van der Waals surface area contributed by atoms with Crippen LogP contribution in [0.4, 0.5) is 0 Å². The van der Waals surface area contributed by atoms with E-state index >= 15 is 0 Å². The Hall–Kier alpha value is -2.47. The summed E-state index contributed by atoms with van der Waals surface area (Å²) in [6.45, 7) is 12.5. The standard InChI is InChI=1S/C29H38N2O2S/c1-19(2)24-17-25(20(3)4)29(26(18-24)21(5)6)34(32,33)31-28(23-15-11-8-12-16-23)27(30)22-13-9-7-10-14-22/h7-21,27-28,31H,30H2,1-6H3. The molecule has 3 rings (SSSR count). The first-order valence-corrected chi connectivity index (χ1v) is 13.6. The highest BCUT2D eigenvalue weighted by Crippen LogP contribution is 2.37. The molecular formula is C29H38N2O2S. The van der Waals surface area contributed by atoms with Gasteiger partial charge in [-0.25, -0.2) is 13.1 Å². The van der Waals surface area contributed by atoms with E-state index in [9.17, 15) is 8.42 Å². The van der Waals surface area contributed by atoms with Gasteiger partial charge in [-0.2, -0.15) is 0 Å². The zero-order valence-corrected chi connectivity index (χ0v) is 21.9. The zero-order valence-electron chi connectivity index (χ0n) is 21.1. The second-order valence-electron chi connectivity index (χ2n) is 9.94. The Morgan fingerprint density at radius 1 is 0.647 bits per heavy atom. The molecule has 3 aromatic rings. The zero-order chi connectivity index (χ0) is 25.0. The van der Waals surface area contributed by atoms with Gasteiger partial charge in [-0.15, -0.1) is 0 Å². The van der Waals surface area contributed by atoms with E-state index in [0.717, 1.165) is 27.8 Å². The number of sulfonamides is 1. The van der Waals surface area contributed by atoms with Crippen molar-refractivity contribution in [3.8, 4) is 0 Å². The van der Waals surface area contributed by atoms with Gasteiger partial charge in [0, 0.05) is 0 Å². The molecule has 0 aliphatic carbocycles. The van der Waals surface area contributed by atoms with E-state index in [2.05, 4.69) is 30.7 Å². The fourth-order valence-corrected chi connectivity index (χ4v) is 6.25. The largest absolute Gasteiger partial charge is 0.322 e. The summed E-state index contributed by atoms with van der Waals surface area (Å²) in [5.41, 5.74) is 11.3. The third-order valence-corrected chi connectivity index (χ3v) is 7.91. The van der Waals surface area contributed by atoms with Crippen LogP contribution in [0.3, 0.4) is 0 Å². The maximum Gasteiger partial charge on any atom is 0.241 e. The van der Waals surface area contributed by atoms with Gasteiger partial charge in [-0.3, -0.25) is 0 Å². The maximum absolute atomic E-state index is 14.1. The minimum Gasteiger partial charge on any atom is -0.322 e. The van der Waals surface area contributed by atoms with Gasteiger partial charge in [0.1, 0.15) is 0 Å². The van der Waals surface area contributed by atoms with Crippen LogP contribution in [0.1, 0.15) is 99.2 Å². The molecule has 3 aromatic carbocycles. The van der Waals surface area contributed by atoms with Gasteiger partial charge >= 0.3 is 0 Å². The molecule has 4 nitrogen and oxygen atoms in total. The van der Waals surface area contributed by atoms with Crippen LogP contribution in [0.5, 0.6) is 0 Å². The second kappa shape index (κ2) is 10.9. The van der Waals surface area contributed by atoms with Gasteiger partial charge in [0.2, 0.25) is 10.0 Å². The van der Waals surface area contributed by atoms with Crippen molar-refractivity contribution in [1.82, 2.24) is 4.72 Å². The Morgan fingerprint density at radius 2 is 1.09 bits per heavy atom. The lowest BCUT2D eigenvalue weighted by atomic mass is 9.89. The van der Waals surface area contributed by atoms with E-state index in [1.807, 2.05) is 88.4 Å². The van der Waals surface area contributed by atoms with Gasteiger partial charge in [0.15, 0.2) is 0 Å². The van der Waals surface area contributed by atoms with Crippen LogP contribution >= 0.6 is 0 Å². The third-order valence-electron chi connectivity index (χ3n) is 6.33. The van der Waals surface area contributed by atoms with E-state index < -0.39 is 22.1 Å². The first-order valence-electron chi connectivity index (χ1n) is 12.1. The van der Waals surface area contributed by atoms with Crippen molar-refractivity contribution < 1.29 is 8.42 Å². The lowest BCUT2D eigenvalue weighted by molar-refractivity contribution is 0.502. The fourth-order valence-electron chi connectivity index (χ4n) is 4.30. The van der Waals surface area contributed by atoms with Crippen molar-refractivity contribution in [2.75, 3.05) is 0 Å². The average molecular weight is 479 g/mol.